The van der Waals surface area contributed by atoms with Crippen LogP contribution >= 0.6 is 12.6 Å². The van der Waals surface area contributed by atoms with E-state index in [-0.39, 0.29) is 23.5 Å². The molecule has 2 aromatic rings. The van der Waals surface area contributed by atoms with Crippen LogP contribution in [0.4, 0.5) is 4.79 Å². The lowest BCUT2D eigenvalue weighted by atomic mass is 9.98. The highest BCUT2D eigenvalue weighted by Gasteiger charge is 2.40. The van der Waals surface area contributed by atoms with Gasteiger partial charge in [0.2, 0.25) is 11.8 Å². The number of amides is 3. The van der Waals surface area contributed by atoms with Crippen molar-refractivity contribution in [3.05, 3.63) is 65.7 Å². The Morgan fingerprint density at radius 2 is 1.43 bits per heavy atom. The molecule has 3 amide bonds. The normalized spacial score (nSPS) is 14.4. The van der Waals surface area contributed by atoms with Crippen molar-refractivity contribution >= 4 is 36.5 Å². The Bertz CT molecular complexity index is 1270. The molecule has 11 heteroatoms. The van der Waals surface area contributed by atoms with Gasteiger partial charge in [0, 0.05) is 23.8 Å². The molecule has 0 spiro atoms. The zero-order chi connectivity index (χ0) is 33.2. The molecule has 0 aromatic heterocycles. The van der Waals surface area contributed by atoms with Gasteiger partial charge in [0.15, 0.2) is 0 Å². The monoisotopic (exact) mass is 629 g/mol. The number of aromatic hydroxyl groups is 1. The van der Waals surface area contributed by atoms with Crippen LogP contribution in [0.15, 0.2) is 54.6 Å². The van der Waals surface area contributed by atoms with Crippen molar-refractivity contribution < 1.29 is 33.8 Å². The molecule has 3 N–H and O–H groups in total. The highest BCUT2D eigenvalue weighted by atomic mass is 32.1. The number of alkyl carbamates (subject to hydrolysis) is 1. The van der Waals surface area contributed by atoms with Crippen molar-refractivity contribution in [2.45, 2.75) is 104 Å². The first-order chi connectivity index (χ1) is 20.5. The number of thiol groups is 1. The van der Waals surface area contributed by atoms with Crippen molar-refractivity contribution in [3.8, 4) is 5.75 Å². The lowest BCUT2D eigenvalue weighted by Gasteiger charge is -2.38. The number of carbonyl (C=O) groups is 4. The zero-order valence-electron chi connectivity index (χ0n) is 26.9. The number of nitrogens with one attached hydrogen (secondary N) is 2. The molecule has 44 heavy (non-hydrogen) atoms. The highest BCUT2D eigenvalue weighted by molar-refractivity contribution is 7.80. The van der Waals surface area contributed by atoms with Gasteiger partial charge < -0.3 is 30.1 Å². The van der Waals surface area contributed by atoms with Crippen molar-refractivity contribution in [3.63, 3.8) is 0 Å². The minimum absolute atomic E-state index is 0.0886. The molecule has 0 radical (unpaired) electrons. The molecule has 4 atom stereocenters. The van der Waals surface area contributed by atoms with Crippen molar-refractivity contribution in [2.75, 3.05) is 5.75 Å². The third-order valence-corrected chi connectivity index (χ3v) is 6.91. The predicted molar refractivity (Wildman–Crippen MR) is 172 cm³/mol. The van der Waals surface area contributed by atoms with Crippen LogP contribution in [-0.2, 0) is 30.3 Å². The second-order valence-electron chi connectivity index (χ2n) is 12.6. The molecule has 10 nitrogen and oxygen atoms in total. The zero-order valence-corrected chi connectivity index (χ0v) is 27.8. The van der Waals surface area contributed by atoms with Gasteiger partial charge in [0.05, 0.1) is 0 Å². The summed E-state index contributed by atoms with van der Waals surface area (Å²) in [5.41, 5.74) is -0.691. The molecule has 2 rings (SSSR count). The summed E-state index contributed by atoms with van der Waals surface area (Å²) < 4.78 is 11.0. The minimum atomic E-state index is -1.37. The summed E-state index contributed by atoms with van der Waals surface area (Å²) in [6, 6.07) is 11.2. The molecule has 0 saturated carbocycles. The summed E-state index contributed by atoms with van der Waals surface area (Å²) in [6.07, 6.45) is -0.245. The van der Waals surface area contributed by atoms with Crippen LogP contribution in [0.3, 0.4) is 0 Å². The van der Waals surface area contributed by atoms with Gasteiger partial charge >= 0.3 is 12.1 Å². The molecule has 242 valence electrons. The number of esters is 1. The minimum Gasteiger partial charge on any atom is -0.508 e. The van der Waals surface area contributed by atoms with Gasteiger partial charge in [0.1, 0.15) is 35.1 Å². The van der Waals surface area contributed by atoms with Gasteiger partial charge in [0.25, 0.3) is 0 Å². The van der Waals surface area contributed by atoms with E-state index < -0.39 is 59.2 Å². The smallest absolute Gasteiger partial charge is 0.408 e. The Morgan fingerprint density at radius 1 is 0.864 bits per heavy atom. The fraction of sp³-hybridized carbons (Fsp3) is 0.515. The number of phenols is 1. The first-order valence-corrected chi connectivity index (χ1v) is 15.4. The summed E-state index contributed by atoms with van der Waals surface area (Å²) in [4.78, 5) is 55.8. The number of rotatable bonds is 12. The molecule has 4 unspecified atom stereocenters. The van der Waals surface area contributed by atoms with Crippen LogP contribution in [0.2, 0.25) is 0 Å². The Morgan fingerprint density at radius 3 is 1.95 bits per heavy atom. The molecule has 0 aliphatic heterocycles. The number of carbonyl (C=O) groups excluding carboxylic acids is 4. The molecular weight excluding hydrogens is 582 g/mol. The second kappa shape index (κ2) is 15.8. The van der Waals surface area contributed by atoms with Crippen LogP contribution in [0.1, 0.15) is 79.0 Å². The molecular formula is C33H47N3O7S. The summed E-state index contributed by atoms with van der Waals surface area (Å²) in [5, 5.41) is 16.3. The van der Waals surface area contributed by atoms with Crippen LogP contribution in [-0.4, -0.2) is 69.0 Å². The van der Waals surface area contributed by atoms with E-state index in [2.05, 4.69) is 23.3 Å². The molecule has 0 aliphatic carbocycles. The quantitative estimate of drug-likeness (QED) is 0.193. The van der Waals surface area contributed by atoms with Gasteiger partial charge in [-0.3, -0.25) is 9.59 Å². The maximum absolute atomic E-state index is 14.3. The Kier molecular flexibility index (Phi) is 13.1. The number of hydrogen-bond donors (Lipinski definition) is 4. The fourth-order valence-corrected chi connectivity index (χ4v) is 4.66. The fourth-order valence-electron chi connectivity index (χ4n) is 4.41. The first kappa shape index (κ1) is 36.5. The second-order valence-corrected chi connectivity index (χ2v) is 13.0. The van der Waals surface area contributed by atoms with Crippen molar-refractivity contribution in [1.82, 2.24) is 15.5 Å². The number of hydrogen-bond acceptors (Lipinski definition) is 8. The van der Waals surface area contributed by atoms with Crippen molar-refractivity contribution in [1.29, 1.82) is 0 Å². The van der Waals surface area contributed by atoms with E-state index in [1.165, 1.54) is 11.0 Å². The van der Waals surface area contributed by atoms with Gasteiger partial charge in [-0.15, -0.1) is 0 Å². The summed E-state index contributed by atoms with van der Waals surface area (Å²) in [5.74, 6) is -2.27. The Hall–Kier alpha value is -3.73. The van der Waals surface area contributed by atoms with Gasteiger partial charge in [-0.25, -0.2) is 9.59 Å². The van der Waals surface area contributed by atoms with Crippen LogP contribution in [0, 0.1) is 0 Å². The maximum atomic E-state index is 14.3. The molecule has 0 aliphatic rings. The molecule has 0 fully saturated rings. The standard InChI is InChI=1S/C33H47N3O7S/c1-9-21(2)36(29(39)25(20-44)35-31(41)43-33(6,7)8)27(23-17-13-14-18-26(23)37)28(38)34-24(30(40)42-32(3,4)5)19-22-15-11-10-12-16-22/h10-18,21,24-25,27,37,44H,9,19-20H2,1-8H3,(H,34,38)(H,35,41). The Balaban J connectivity index is 2.59. The van der Waals surface area contributed by atoms with Crippen LogP contribution in [0.5, 0.6) is 5.75 Å². The van der Waals surface area contributed by atoms with E-state index in [4.69, 9.17) is 9.47 Å². The summed E-state index contributed by atoms with van der Waals surface area (Å²) >= 11 is 4.31. The molecule has 0 bridgehead atoms. The predicted octanol–water partition coefficient (Wildman–Crippen LogP) is 4.95. The summed E-state index contributed by atoms with van der Waals surface area (Å²) in [6.45, 7) is 13.9. The maximum Gasteiger partial charge on any atom is 0.408 e. The van der Waals surface area contributed by atoms with E-state index in [0.29, 0.717) is 6.42 Å². The van der Waals surface area contributed by atoms with E-state index >= 15 is 0 Å². The van der Waals surface area contributed by atoms with Gasteiger partial charge in [-0.1, -0.05) is 55.5 Å². The average Bonchev–Trinajstić information content (AvgIpc) is 2.92. The topological polar surface area (TPSA) is 134 Å². The van der Waals surface area contributed by atoms with E-state index in [0.717, 1.165) is 5.56 Å². The lowest BCUT2D eigenvalue weighted by Crippen LogP contribution is -2.57. The van der Waals surface area contributed by atoms with Crippen LogP contribution in [0.25, 0.3) is 0 Å². The number of ether oxygens (including phenoxy) is 2. The van der Waals surface area contributed by atoms with Crippen LogP contribution < -0.4 is 10.6 Å². The average molecular weight is 630 g/mol. The Labute approximate surface area is 266 Å². The number of nitrogens with zero attached hydrogens (tertiary/aromatic N) is 1. The number of phenolic OH excluding ortho intramolecular Hbond substituents is 1. The molecule has 0 heterocycles. The lowest BCUT2D eigenvalue weighted by molar-refractivity contribution is -0.159. The van der Waals surface area contributed by atoms with E-state index in [9.17, 15) is 24.3 Å². The van der Waals surface area contributed by atoms with Gasteiger partial charge in [-0.2, -0.15) is 12.6 Å². The largest absolute Gasteiger partial charge is 0.508 e. The van der Waals surface area contributed by atoms with Crippen molar-refractivity contribution in [2.24, 2.45) is 0 Å². The molecule has 2 aromatic carbocycles. The number of benzene rings is 2. The highest BCUT2D eigenvalue weighted by Crippen LogP contribution is 2.32. The SMILES string of the molecule is CCC(C)N(C(=O)C(CS)NC(=O)OC(C)(C)C)C(C(=O)NC(Cc1ccccc1)C(=O)OC(C)(C)C)c1ccccc1O. The van der Waals surface area contributed by atoms with Gasteiger partial charge in [-0.05, 0) is 66.5 Å². The third-order valence-electron chi connectivity index (χ3n) is 6.54. The molecule has 0 saturated heterocycles. The summed E-state index contributed by atoms with van der Waals surface area (Å²) in [7, 11) is 0. The third kappa shape index (κ3) is 11.1. The first-order valence-electron chi connectivity index (χ1n) is 14.7. The van der Waals surface area contributed by atoms with E-state index in [1.807, 2.05) is 37.3 Å². The number of para-hydroxylation sites is 1. The van der Waals surface area contributed by atoms with E-state index in [1.54, 1.807) is 66.7 Å².